The van der Waals surface area contributed by atoms with Crippen LogP contribution >= 0.6 is 0 Å². The summed E-state index contributed by atoms with van der Waals surface area (Å²) in [6.45, 7) is 0. The highest BCUT2D eigenvalue weighted by Crippen LogP contribution is 2.27. The molecule has 1 aromatic heterocycles. The van der Waals surface area contributed by atoms with E-state index < -0.39 is 28.7 Å². The van der Waals surface area contributed by atoms with Crippen molar-refractivity contribution in [2.45, 2.75) is 23.5 Å². The summed E-state index contributed by atoms with van der Waals surface area (Å²) in [6.07, 6.45) is -3.75. The van der Waals surface area contributed by atoms with Gasteiger partial charge in [-0.1, -0.05) is 36.4 Å². The van der Waals surface area contributed by atoms with Crippen LogP contribution < -0.4 is 4.72 Å². The smallest absolute Gasteiger partial charge is 0.361 e. The van der Waals surface area contributed by atoms with Crippen LogP contribution in [0.3, 0.4) is 0 Å². The number of aromatic amines is 1. The van der Waals surface area contributed by atoms with Gasteiger partial charge in [0, 0.05) is 17.1 Å². The molecule has 3 rings (SSSR count). The largest absolute Gasteiger partial charge is 0.405 e. The van der Waals surface area contributed by atoms with Crippen molar-refractivity contribution < 1.29 is 21.6 Å². The number of hydrogen-bond donors (Lipinski definition) is 2. The molecule has 1 atom stereocenters. The Hall–Kier alpha value is -2.32. The maximum Gasteiger partial charge on any atom is 0.405 e. The molecule has 4 nitrogen and oxygen atoms in total. The second kappa shape index (κ2) is 6.53. The molecule has 0 aliphatic carbocycles. The van der Waals surface area contributed by atoms with Crippen molar-refractivity contribution in [3.05, 3.63) is 66.4 Å². The van der Waals surface area contributed by atoms with E-state index in [4.69, 9.17) is 0 Å². The third kappa shape index (κ3) is 3.85. The summed E-state index contributed by atoms with van der Waals surface area (Å²) in [7, 11) is -4.28. The summed E-state index contributed by atoms with van der Waals surface area (Å²) in [4.78, 5) is 2.69. The first kappa shape index (κ1) is 17.5. The van der Waals surface area contributed by atoms with E-state index in [9.17, 15) is 21.6 Å². The van der Waals surface area contributed by atoms with E-state index in [1.54, 1.807) is 35.1 Å². The Labute approximate surface area is 142 Å². The first-order valence-electron chi connectivity index (χ1n) is 7.46. The standard InChI is InChI=1S/C17H15F3N2O2S/c18-17(19,20)16(22-25(23,24)13-6-2-1-3-7-13)10-12-11-21-15-9-5-4-8-14(12)15/h1-9,11,16,21-22H,10H2. The zero-order valence-electron chi connectivity index (χ0n) is 12.9. The molecule has 3 aromatic rings. The van der Waals surface area contributed by atoms with Crippen LogP contribution in [0.15, 0.2) is 65.7 Å². The van der Waals surface area contributed by atoms with Gasteiger partial charge in [-0.05, 0) is 30.2 Å². The van der Waals surface area contributed by atoms with E-state index in [1.165, 1.54) is 30.5 Å². The van der Waals surface area contributed by atoms with Gasteiger partial charge < -0.3 is 4.98 Å². The molecule has 25 heavy (non-hydrogen) atoms. The molecule has 0 saturated heterocycles. The fourth-order valence-electron chi connectivity index (χ4n) is 2.60. The van der Waals surface area contributed by atoms with Gasteiger partial charge in [0.25, 0.3) is 0 Å². The number of rotatable bonds is 5. The molecule has 1 heterocycles. The molecule has 0 saturated carbocycles. The van der Waals surface area contributed by atoms with Crippen LogP contribution in [0.5, 0.6) is 0 Å². The van der Waals surface area contributed by atoms with Crippen LogP contribution in [-0.2, 0) is 16.4 Å². The fraction of sp³-hybridized carbons (Fsp3) is 0.176. The Balaban J connectivity index is 1.91. The van der Waals surface area contributed by atoms with Gasteiger partial charge in [-0.2, -0.15) is 17.9 Å². The summed E-state index contributed by atoms with van der Waals surface area (Å²) in [5, 5.41) is 0.635. The van der Waals surface area contributed by atoms with E-state index in [2.05, 4.69) is 4.98 Å². The second-order valence-electron chi connectivity index (χ2n) is 5.59. The summed E-state index contributed by atoms with van der Waals surface area (Å²) < 4.78 is 66.6. The zero-order valence-corrected chi connectivity index (χ0v) is 13.7. The maximum absolute atomic E-state index is 13.4. The summed E-state index contributed by atoms with van der Waals surface area (Å²) in [5.74, 6) is 0. The van der Waals surface area contributed by atoms with E-state index in [0.29, 0.717) is 16.5 Å². The van der Waals surface area contributed by atoms with Crippen LogP contribution in [0.25, 0.3) is 10.9 Å². The second-order valence-corrected chi connectivity index (χ2v) is 7.31. The molecule has 0 fully saturated rings. The molecule has 0 radical (unpaired) electrons. The normalized spacial score (nSPS) is 13.9. The first-order valence-corrected chi connectivity index (χ1v) is 8.95. The number of sulfonamides is 1. The molecule has 132 valence electrons. The predicted molar refractivity (Wildman–Crippen MR) is 88.6 cm³/mol. The lowest BCUT2D eigenvalue weighted by molar-refractivity contribution is -0.150. The summed E-state index contributed by atoms with van der Waals surface area (Å²) >= 11 is 0. The van der Waals surface area contributed by atoms with E-state index in [-0.39, 0.29) is 4.90 Å². The third-order valence-corrected chi connectivity index (χ3v) is 5.33. The molecular formula is C17H15F3N2O2S. The van der Waals surface area contributed by atoms with Crippen LogP contribution in [0.4, 0.5) is 13.2 Å². The molecule has 2 N–H and O–H groups in total. The van der Waals surface area contributed by atoms with Crippen LogP contribution in [0.1, 0.15) is 5.56 Å². The van der Waals surface area contributed by atoms with Gasteiger partial charge in [0.05, 0.1) is 4.90 Å². The average molecular weight is 368 g/mol. The Morgan fingerprint density at radius 2 is 1.64 bits per heavy atom. The molecular weight excluding hydrogens is 353 g/mol. The SMILES string of the molecule is O=S(=O)(NC(Cc1c[nH]c2ccccc12)C(F)(F)F)c1ccccc1. The number of halogens is 3. The Bertz CT molecular complexity index is 966. The van der Waals surface area contributed by atoms with Crippen LogP contribution in [0, 0.1) is 0 Å². The number of hydrogen-bond acceptors (Lipinski definition) is 2. The lowest BCUT2D eigenvalue weighted by atomic mass is 10.1. The van der Waals surface area contributed by atoms with Crippen molar-refractivity contribution in [3.63, 3.8) is 0 Å². The van der Waals surface area contributed by atoms with Crippen LogP contribution in [-0.4, -0.2) is 25.6 Å². The minimum Gasteiger partial charge on any atom is -0.361 e. The van der Waals surface area contributed by atoms with Crippen molar-refractivity contribution in [2.24, 2.45) is 0 Å². The fourth-order valence-corrected chi connectivity index (χ4v) is 3.84. The minimum atomic E-state index is -4.72. The Morgan fingerprint density at radius 3 is 2.32 bits per heavy atom. The number of alkyl halides is 3. The van der Waals surface area contributed by atoms with E-state index in [1.807, 2.05) is 0 Å². The quantitative estimate of drug-likeness (QED) is 0.723. The molecule has 2 aromatic carbocycles. The number of benzene rings is 2. The highest BCUT2D eigenvalue weighted by atomic mass is 32.2. The number of para-hydroxylation sites is 1. The average Bonchev–Trinajstić information content (AvgIpc) is 2.97. The van der Waals surface area contributed by atoms with Crippen molar-refractivity contribution >= 4 is 20.9 Å². The zero-order chi connectivity index (χ0) is 18.1. The molecule has 0 aliphatic rings. The van der Waals surface area contributed by atoms with Crippen molar-refractivity contribution in [1.82, 2.24) is 9.71 Å². The number of H-pyrrole nitrogens is 1. The van der Waals surface area contributed by atoms with Gasteiger partial charge in [0.2, 0.25) is 10.0 Å². The van der Waals surface area contributed by atoms with E-state index >= 15 is 0 Å². The van der Waals surface area contributed by atoms with Crippen molar-refractivity contribution in [3.8, 4) is 0 Å². The lowest BCUT2D eigenvalue weighted by Gasteiger charge is -2.21. The molecule has 8 heteroatoms. The Kier molecular flexibility index (Phi) is 4.57. The number of aromatic nitrogens is 1. The van der Waals surface area contributed by atoms with Gasteiger partial charge in [-0.25, -0.2) is 8.42 Å². The molecule has 1 unspecified atom stereocenters. The van der Waals surface area contributed by atoms with Gasteiger partial charge in [0.1, 0.15) is 6.04 Å². The molecule has 0 amide bonds. The number of nitrogens with one attached hydrogen (secondary N) is 2. The van der Waals surface area contributed by atoms with Crippen LogP contribution in [0.2, 0.25) is 0 Å². The molecule has 0 spiro atoms. The maximum atomic E-state index is 13.4. The monoisotopic (exact) mass is 368 g/mol. The molecule has 0 aliphatic heterocycles. The van der Waals surface area contributed by atoms with Gasteiger partial charge >= 0.3 is 6.18 Å². The highest BCUT2D eigenvalue weighted by molar-refractivity contribution is 7.89. The highest BCUT2D eigenvalue weighted by Gasteiger charge is 2.42. The first-order chi connectivity index (χ1) is 11.8. The lowest BCUT2D eigenvalue weighted by Crippen LogP contribution is -2.46. The van der Waals surface area contributed by atoms with Crippen molar-refractivity contribution in [2.75, 3.05) is 0 Å². The Morgan fingerprint density at radius 1 is 1.00 bits per heavy atom. The van der Waals surface area contributed by atoms with Gasteiger partial charge in [-0.3, -0.25) is 0 Å². The summed E-state index contributed by atoms with van der Waals surface area (Å²) in [5.41, 5.74) is 1.10. The number of fused-ring (bicyclic) bond motifs is 1. The third-order valence-electron chi connectivity index (χ3n) is 3.84. The van der Waals surface area contributed by atoms with Gasteiger partial charge in [-0.15, -0.1) is 0 Å². The molecule has 0 bridgehead atoms. The minimum absolute atomic E-state index is 0.205. The predicted octanol–water partition coefficient (Wildman–Crippen LogP) is 3.62. The summed E-state index contributed by atoms with van der Waals surface area (Å²) in [6, 6.07) is 11.7. The van der Waals surface area contributed by atoms with Crippen molar-refractivity contribution in [1.29, 1.82) is 0 Å². The topological polar surface area (TPSA) is 62.0 Å². The van der Waals surface area contributed by atoms with Gasteiger partial charge in [0.15, 0.2) is 0 Å². The van der Waals surface area contributed by atoms with E-state index in [0.717, 1.165) is 0 Å².